The summed E-state index contributed by atoms with van der Waals surface area (Å²) in [5.41, 5.74) is 3.31. The van der Waals surface area contributed by atoms with E-state index in [0.717, 1.165) is 16.8 Å². The van der Waals surface area contributed by atoms with E-state index in [1.807, 2.05) is 42.5 Å². The predicted octanol–water partition coefficient (Wildman–Crippen LogP) is 5.39. The van der Waals surface area contributed by atoms with Crippen molar-refractivity contribution >= 4 is 49.2 Å². The van der Waals surface area contributed by atoms with Crippen molar-refractivity contribution in [3.8, 4) is 0 Å². The number of carbonyl (C=O) groups is 2. The molecule has 0 saturated carbocycles. The monoisotopic (exact) mass is 813 g/mol. The molecule has 3 aromatic carbocycles. The highest BCUT2D eigenvalue weighted by Crippen LogP contribution is 2.22. The number of pyridine rings is 2. The quantitative estimate of drug-likeness (QED) is 0.116. The van der Waals surface area contributed by atoms with Crippen LogP contribution in [-0.2, 0) is 33.1 Å². The molecule has 17 heteroatoms. The number of anilines is 3. The van der Waals surface area contributed by atoms with E-state index in [1.165, 1.54) is 28.6 Å². The Bertz CT molecular complexity index is 2270. The summed E-state index contributed by atoms with van der Waals surface area (Å²) in [5, 5.41) is 10.8. The third-order valence-electron chi connectivity index (χ3n) is 8.32. The molecular formula is C40H47N9O6S2. The Morgan fingerprint density at radius 2 is 1.09 bits per heavy atom. The van der Waals surface area contributed by atoms with Gasteiger partial charge in [-0.05, 0) is 105 Å². The van der Waals surface area contributed by atoms with Crippen LogP contribution in [0, 0.1) is 0 Å². The third-order valence-corrected chi connectivity index (χ3v) is 12.0. The average molecular weight is 814 g/mol. The number of benzene rings is 3. The zero-order valence-electron chi connectivity index (χ0n) is 31.9. The first-order valence-corrected chi connectivity index (χ1v) is 21.0. The van der Waals surface area contributed by atoms with Crippen molar-refractivity contribution in [1.29, 1.82) is 0 Å². The molecule has 2 aromatic heterocycles. The van der Waals surface area contributed by atoms with Gasteiger partial charge < -0.3 is 26.2 Å². The van der Waals surface area contributed by atoms with Crippen LogP contribution in [0.5, 0.6) is 0 Å². The van der Waals surface area contributed by atoms with Crippen LogP contribution < -0.4 is 30.9 Å². The maximum atomic E-state index is 13.0. The maximum absolute atomic E-state index is 13.0. The molecule has 0 aliphatic carbocycles. The summed E-state index contributed by atoms with van der Waals surface area (Å²) in [6.07, 6.45) is 6.68. The van der Waals surface area contributed by atoms with E-state index in [0.29, 0.717) is 50.6 Å². The molecule has 1 aliphatic heterocycles. The van der Waals surface area contributed by atoms with Gasteiger partial charge in [-0.1, -0.05) is 30.3 Å². The van der Waals surface area contributed by atoms with Crippen LogP contribution in [0.3, 0.4) is 0 Å². The largest absolute Gasteiger partial charge is 0.369 e. The van der Waals surface area contributed by atoms with Crippen molar-refractivity contribution in [3.05, 3.63) is 139 Å². The number of piperazine rings is 1. The zero-order chi connectivity index (χ0) is 40.9. The first-order valence-electron chi connectivity index (χ1n) is 18.1. The summed E-state index contributed by atoms with van der Waals surface area (Å²) >= 11 is 0. The molecule has 0 bridgehead atoms. The summed E-state index contributed by atoms with van der Waals surface area (Å²) in [6, 6.07) is 28.8. The smallest absolute Gasteiger partial charge is 0.319 e. The Morgan fingerprint density at radius 1 is 0.614 bits per heavy atom. The highest BCUT2D eigenvalue weighted by Gasteiger charge is 2.28. The van der Waals surface area contributed by atoms with E-state index in [9.17, 15) is 26.4 Å². The second kappa shape index (κ2) is 19.3. The Labute approximate surface area is 334 Å². The molecule has 0 atom stereocenters. The van der Waals surface area contributed by atoms with Gasteiger partial charge in [0.15, 0.2) is 0 Å². The van der Waals surface area contributed by atoms with Gasteiger partial charge in [-0.2, -0.15) is 4.31 Å². The number of para-hydroxylation sites is 1. The molecule has 4 amide bonds. The summed E-state index contributed by atoms with van der Waals surface area (Å²) in [6.45, 7) is 8.14. The van der Waals surface area contributed by atoms with Gasteiger partial charge in [-0.3, -0.25) is 9.97 Å². The molecular weight excluding hydrogens is 767 g/mol. The van der Waals surface area contributed by atoms with Gasteiger partial charge in [0.05, 0.1) is 9.79 Å². The van der Waals surface area contributed by atoms with Crippen LogP contribution in [0.1, 0.15) is 31.9 Å². The number of nitrogens with one attached hydrogen (secondary N) is 5. The van der Waals surface area contributed by atoms with Gasteiger partial charge in [0.2, 0.25) is 20.0 Å². The van der Waals surface area contributed by atoms with E-state index < -0.39 is 25.6 Å². The van der Waals surface area contributed by atoms with Crippen molar-refractivity contribution < 1.29 is 26.4 Å². The van der Waals surface area contributed by atoms with Crippen LogP contribution in [0.2, 0.25) is 0 Å². The molecule has 3 heterocycles. The molecule has 0 unspecified atom stereocenters. The lowest BCUT2D eigenvalue weighted by molar-refractivity contribution is 0.251. The highest BCUT2D eigenvalue weighted by molar-refractivity contribution is 7.89. The van der Waals surface area contributed by atoms with Gasteiger partial charge in [-0.15, -0.1) is 0 Å². The summed E-state index contributed by atoms with van der Waals surface area (Å²) in [5.74, 6) is 0. The minimum Gasteiger partial charge on any atom is -0.369 e. The van der Waals surface area contributed by atoms with Crippen LogP contribution in [0.15, 0.2) is 138 Å². The van der Waals surface area contributed by atoms with E-state index in [1.54, 1.807) is 82.0 Å². The molecule has 0 radical (unpaired) electrons. The molecule has 0 spiro atoms. The highest BCUT2D eigenvalue weighted by atomic mass is 32.2. The molecule has 15 nitrogen and oxygen atoms in total. The number of urea groups is 2. The average Bonchev–Trinajstić information content (AvgIpc) is 3.20. The fraction of sp³-hybridized carbons (Fsp3) is 0.250. The van der Waals surface area contributed by atoms with E-state index >= 15 is 0 Å². The van der Waals surface area contributed by atoms with E-state index in [4.69, 9.17) is 0 Å². The predicted molar refractivity (Wildman–Crippen MR) is 221 cm³/mol. The van der Waals surface area contributed by atoms with Crippen molar-refractivity contribution in [2.45, 2.75) is 49.2 Å². The van der Waals surface area contributed by atoms with E-state index in [2.05, 4.69) is 40.9 Å². The van der Waals surface area contributed by atoms with Crippen LogP contribution in [0.25, 0.3) is 0 Å². The maximum Gasteiger partial charge on any atom is 0.319 e. The minimum atomic E-state index is -3.59. The molecule has 5 aromatic rings. The molecule has 1 saturated heterocycles. The van der Waals surface area contributed by atoms with Gasteiger partial charge in [-0.25, -0.2) is 31.1 Å². The van der Waals surface area contributed by atoms with Crippen molar-refractivity contribution in [2.75, 3.05) is 41.7 Å². The zero-order valence-corrected chi connectivity index (χ0v) is 33.6. The van der Waals surface area contributed by atoms with Crippen LogP contribution in [-0.4, -0.2) is 74.9 Å². The summed E-state index contributed by atoms with van der Waals surface area (Å²) in [7, 11) is -7.18. The standard InChI is InChI=1S/C23H25N5O3S.C17H22N4O3S/c29-23(25-18-19-5-4-12-24-17-19)26-20-8-10-22(11-9-20)32(30,31)28-15-13-27(14-16-28)21-6-2-1-3-7-21;1-17(2,3)21-25(23,24)15-8-6-14(7-9-15)20-16(22)19-12-13-5-4-10-18-11-13/h1-12,17H,13-16,18H2,(H2,25,26,29);4-11,21H,12H2,1-3H3,(H2,19,20,22). The Morgan fingerprint density at radius 3 is 1.53 bits per heavy atom. The molecule has 57 heavy (non-hydrogen) atoms. The third kappa shape index (κ3) is 13.1. The summed E-state index contributed by atoms with van der Waals surface area (Å²) in [4.78, 5) is 34.5. The Hall–Kier alpha value is -5.88. The molecule has 1 aliphatic rings. The lowest BCUT2D eigenvalue weighted by Crippen LogP contribution is -2.48. The number of aromatic nitrogens is 2. The first-order chi connectivity index (χ1) is 27.2. The molecule has 1 fully saturated rings. The first kappa shape index (κ1) is 42.3. The number of hydrogen-bond acceptors (Lipinski definition) is 9. The topological polar surface area (TPSA) is 195 Å². The number of hydrogen-bond donors (Lipinski definition) is 5. The van der Waals surface area contributed by atoms with Gasteiger partial charge >= 0.3 is 12.1 Å². The molecule has 300 valence electrons. The van der Waals surface area contributed by atoms with Gasteiger partial charge in [0, 0.05) is 86.7 Å². The Balaban J connectivity index is 0.000000225. The Kier molecular flexibility index (Phi) is 14.3. The number of amides is 4. The molecule has 5 N–H and O–H groups in total. The normalized spacial score (nSPS) is 13.4. The second-order valence-corrected chi connectivity index (χ2v) is 17.6. The van der Waals surface area contributed by atoms with Crippen molar-refractivity contribution in [3.63, 3.8) is 0 Å². The number of nitrogens with zero attached hydrogens (tertiary/aromatic N) is 4. The van der Waals surface area contributed by atoms with E-state index in [-0.39, 0.29) is 21.9 Å². The fourth-order valence-corrected chi connectivity index (χ4v) is 8.43. The fourth-order valence-electron chi connectivity index (χ4n) is 5.58. The number of carbonyl (C=O) groups excluding carboxylic acids is 2. The number of rotatable bonds is 11. The van der Waals surface area contributed by atoms with Crippen molar-refractivity contribution in [1.82, 2.24) is 29.6 Å². The summed E-state index contributed by atoms with van der Waals surface area (Å²) < 4.78 is 54.6. The van der Waals surface area contributed by atoms with Crippen molar-refractivity contribution in [2.24, 2.45) is 0 Å². The van der Waals surface area contributed by atoms with Crippen LogP contribution in [0.4, 0.5) is 26.7 Å². The lowest BCUT2D eigenvalue weighted by atomic mass is 10.1. The second-order valence-electron chi connectivity index (χ2n) is 14.0. The SMILES string of the molecule is CC(C)(C)NS(=O)(=O)c1ccc(NC(=O)NCc2cccnc2)cc1.O=C(NCc1cccnc1)Nc1ccc(S(=O)(=O)N2CCN(c3ccccc3)CC2)cc1. The van der Waals surface area contributed by atoms with Crippen LogP contribution >= 0.6 is 0 Å². The van der Waals surface area contributed by atoms with Gasteiger partial charge in [0.1, 0.15) is 0 Å². The minimum absolute atomic E-state index is 0.142. The molecule has 6 rings (SSSR count). The van der Waals surface area contributed by atoms with Gasteiger partial charge in [0.25, 0.3) is 0 Å². The lowest BCUT2D eigenvalue weighted by Gasteiger charge is -2.35. The number of sulfonamides is 2.